The molecule has 1 heterocycles. The average Bonchev–Trinajstić information content (AvgIpc) is 2.83. The van der Waals surface area contributed by atoms with Crippen LogP contribution < -0.4 is 11.1 Å². The number of thiazole rings is 1. The Balaban J connectivity index is 2.09. The third-order valence-electron chi connectivity index (χ3n) is 2.67. The number of benzene rings is 1. The van der Waals surface area contributed by atoms with Gasteiger partial charge in [-0.25, -0.2) is 4.98 Å². The Kier molecular flexibility index (Phi) is 4.65. The summed E-state index contributed by atoms with van der Waals surface area (Å²) >= 11 is 1.62. The highest BCUT2D eigenvalue weighted by Crippen LogP contribution is 2.24. The van der Waals surface area contributed by atoms with Crippen LogP contribution in [0.2, 0.25) is 0 Å². The summed E-state index contributed by atoms with van der Waals surface area (Å²) in [4.78, 5) is 16.1. The van der Waals surface area contributed by atoms with Crippen molar-refractivity contribution in [3.8, 4) is 11.3 Å². The van der Waals surface area contributed by atoms with Crippen LogP contribution in [0.4, 0.5) is 5.69 Å². The highest BCUT2D eigenvalue weighted by Gasteiger charge is 2.05. The number of amides is 1. The van der Waals surface area contributed by atoms with Gasteiger partial charge in [0.15, 0.2) is 0 Å². The van der Waals surface area contributed by atoms with Crippen molar-refractivity contribution in [3.63, 3.8) is 0 Å². The molecule has 1 aromatic carbocycles. The zero-order valence-electron chi connectivity index (χ0n) is 10.8. The van der Waals surface area contributed by atoms with Crippen LogP contribution in [0, 0.1) is 6.92 Å². The molecule has 0 aliphatic heterocycles. The number of rotatable bonds is 5. The summed E-state index contributed by atoms with van der Waals surface area (Å²) in [5.74, 6) is -0.00272. The van der Waals surface area contributed by atoms with Gasteiger partial charge in [0.05, 0.1) is 10.7 Å². The zero-order valence-corrected chi connectivity index (χ0v) is 11.7. The van der Waals surface area contributed by atoms with Crippen LogP contribution in [0.3, 0.4) is 0 Å². The molecular weight excluding hydrogens is 258 g/mol. The van der Waals surface area contributed by atoms with Crippen LogP contribution in [0.25, 0.3) is 11.3 Å². The second kappa shape index (κ2) is 6.45. The van der Waals surface area contributed by atoms with Crippen LogP contribution in [-0.4, -0.2) is 17.4 Å². The van der Waals surface area contributed by atoms with E-state index >= 15 is 0 Å². The Labute approximate surface area is 116 Å². The summed E-state index contributed by atoms with van der Waals surface area (Å²) in [6.45, 7) is 2.51. The monoisotopic (exact) mass is 275 g/mol. The molecule has 3 N–H and O–H groups in total. The van der Waals surface area contributed by atoms with Crippen molar-refractivity contribution in [2.24, 2.45) is 5.73 Å². The van der Waals surface area contributed by atoms with Crippen molar-refractivity contribution in [3.05, 3.63) is 34.7 Å². The molecule has 5 heteroatoms. The normalized spacial score (nSPS) is 10.4. The van der Waals surface area contributed by atoms with Gasteiger partial charge in [-0.1, -0.05) is 12.1 Å². The molecule has 0 saturated carbocycles. The van der Waals surface area contributed by atoms with E-state index in [2.05, 4.69) is 10.3 Å². The number of nitrogens with zero attached hydrogens (tertiary/aromatic N) is 1. The van der Waals surface area contributed by atoms with Crippen LogP contribution in [0.1, 0.15) is 17.8 Å². The second-order valence-corrected chi connectivity index (χ2v) is 5.34. The molecule has 0 saturated heterocycles. The van der Waals surface area contributed by atoms with Gasteiger partial charge in [-0.15, -0.1) is 11.3 Å². The van der Waals surface area contributed by atoms with Gasteiger partial charge in [0.2, 0.25) is 5.91 Å². The van der Waals surface area contributed by atoms with Gasteiger partial charge in [-0.05, 0) is 32.0 Å². The number of aryl methyl sites for hydroxylation is 1. The maximum Gasteiger partial charge on any atom is 0.224 e. The highest BCUT2D eigenvalue weighted by atomic mass is 32.1. The van der Waals surface area contributed by atoms with E-state index in [1.807, 2.05) is 36.6 Å². The molecular formula is C14H17N3OS. The lowest BCUT2D eigenvalue weighted by Crippen LogP contribution is -2.13. The molecule has 0 spiro atoms. The summed E-state index contributed by atoms with van der Waals surface area (Å²) in [5.41, 5.74) is 8.14. The molecule has 1 amide bonds. The standard InChI is InChI=1S/C14H17N3OS/c1-10-16-13(9-19-10)11-4-2-5-12(8-11)17-14(18)6-3-7-15/h2,4-5,8-9H,3,6-7,15H2,1H3,(H,17,18). The summed E-state index contributed by atoms with van der Waals surface area (Å²) in [7, 11) is 0. The minimum atomic E-state index is -0.00272. The van der Waals surface area contributed by atoms with Crippen LogP contribution >= 0.6 is 11.3 Å². The first-order valence-corrected chi connectivity index (χ1v) is 7.09. The van der Waals surface area contributed by atoms with Crippen molar-refractivity contribution in [1.82, 2.24) is 4.98 Å². The fraction of sp³-hybridized carbons (Fsp3) is 0.286. The van der Waals surface area contributed by atoms with E-state index in [0.717, 1.165) is 22.0 Å². The molecule has 0 bridgehead atoms. The third kappa shape index (κ3) is 3.87. The molecule has 100 valence electrons. The smallest absolute Gasteiger partial charge is 0.224 e. The Morgan fingerprint density at radius 1 is 1.47 bits per heavy atom. The van der Waals surface area contributed by atoms with E-state index in [0.29, 0.717) is 19.4 Å². The summed E-state index contributed by atoms with van der Waals surface area (Å²) in [6.07, 6.45) is 1.16. The summed E-state index contributed by atoms with van der Waals surface area (Å²) < 4.78 is 0. The predicted octanol–water partition coefficient (Wildman–Crippen LogP) is 2.80. The van der Waals surface area contributed by atoms with E-state index in [1.54, 1.807) is 11.3 Å². The van der Waals surface area contributed by atoms with Crippen molar-refractivity contribution in [2.45, 2.75) is 19.8 Å². The Morgan fingerprint density at radius 2 is 2.32 bits per heavy atom. The number of anilines is 1. The minimum absolute atomic E-state index is 0.00272. The molecule has 2 rings (SSSR count). The first-order valence-electron chi connectivity index (χ1n) is 6.21. The fourth-order valence-corrected chi connectivity index (χ4v) is 2.36. The molecule has 1 aromatic heterocycles. The van der Waals surface area contributed by atoms with Crippen LogP contribution in [0.5, 0.6) is 0 Å². The molecule has 0 aliphatic rings. The van der Waals surface area contributed by atoms with E-state index < -0.39 is 0 Å². The first kappa shape index (κ1) is 13.7. The maximum atomic E-state index is 11.6. The molecule has 19 heavy (non-hydrogen) atoms. The number of nitrogens with one attached hydrogen (secondary N) is 1. The predicted molar refractivity (Wildman–Crippen MR) is 79.2 cm³/mol. The Bertz CT molecular complexity index is 565. The lowest BCUT2D eigenvalue weighted by Gasteiger charge is -2.06. The Morgan fingerprint density at radius 3 is 3.00 bits per heavy atom. The van der Waals surface area contributed by atoms with Gasteiger partial charge in [-0.3, -0.25) is 4.79 Å². The van der Waals surface area contributed by atoms with Gasteiger partial charge in [0, 0.05) is 23.1 Å². The van der Waals surface area contributed by atoms with Crippen molar-refractivity contribution in [1.29, 1.82) is 0 Å². The van der Waals surface area contributed by atoms with E-state index in [4.69, 9.17) is 5.73 Å². The summed E-state index contributed by atoms with van der Waals surface area (Å²) in [6, 6.07) is 7.73. The van der Waals surface area contributed by atoms with Crippen LogP contribution in [-0.2, 0) is 4.79 Å². The molecule has 0 unspecified atom stereocenters. The van der Waals surface area contributed by atoms with Gasteiger partial charge < -0.3 is 11.1 Å². The summed E-state index contributed by atoms with van der Waals surface area (Å²) in [5, 5.41) is 5.93. The SMILES string of the molecule is Cc1nc(-c2cccc(NC(=O)CCCN)c2)cs1. The largest absolute Gasteiger partial charge is 0.330 e. The maximum absolute atomic E-state index is 11.6. The lowest BCUT2D eigenvalue weighted by molar-refractivity contribution is -0.116. The number of nitrogens with two attached hydrogens (primary N) is 1. The first-order chi connectivity index (χ1) is 9.19. The van der Waals surface area contributed by atoms with Crippen LogP contribution in [0.15, 0.2) is 29.6 Å². The lowest BCUT2D eigenvalue weighted by atomic mass is 10.1. The molecule has 0 radical (unpaired) electrons. The topological polar surface area (TPSA) is 68.0 Å². The van der Waals surface area contributed by atoms with Crippen molar-refractivity contribution >= 4 is 22.9 Å². The Hall–Kier alpha value is -1.72. The fourth-order valence-electron chi connectivity index (χ4n) is 1.74. The second-order valence-electron chi connectivity index (χ2n) is 4.27. The van der Waals surface area contributed by atoms with E-state index in [1.165, 1.54) is 0 Å². The molecule has 0 atom stereocenters. The van der Waals surface area contributed by atoms with E-state index in [-0.39, 0.29) is 5.91 Å². The number of hydrogen-bond acceptors (Lipinski definition) is 4. The molecule has 4 nitrogen and oxygen atoms in total. The molecule has 2 aromatic rings. The van der Waals surface area contributed by atoms with Gasteiger partial charge >= 0.3 is 0 Å². The van der Waals surface area contributed by atoms with E-state index in [9.17, 15) is 4.79 Å². The molecule has 0 fully saturated rings. The number of carbonyl (C=O) groups excluding carboxylic acids is 1. The van der Waals surface area contributed by atoms with Crippen molar-refractivity contribution < 1.29 is 4.79 Å². The van der Waals surface area contributed by atoms with Gasteiger partial charge in [-0.2, -0.15) is 0 Å². The van der Waals surface area contributed by atoms with Crippen molar-refractivity contribution in [2.75, 3.05) is 11.9 Å². The minimum Gasteiger partial charge on any atom is -0.330 e. The quantitative estimate of drug-likeness (QED) is 0.881. The average molecular weight is 275 g/mol. The molecule has 0 aliphatic carbocycles. The van der Waals surface area contributed by atoms with Gasteiger partial charge in [0.1, 0.15) is 0 Å². The third-order valence-corrected chi connectivity index (χ3v) is 3.44. The van der Waals surface area contributed by atoms with Gasteiger partial charge in [0.25, 0.3) is 0 Å². The number of aromatic nitrogens is 1. The number of hydrogen-bond donors (Lipinski definition) is 2. The highest BCUT2D eigenvalue weighted by molar-refractivity contribution is 7.09. The number of carbonyl (C=O) groups is 1. The zero-order chi connectivity index (χ0) is 13.7.